The first kappa shape index (κ1) is 17.0. The number of carbonyl (C=O) groups excluding carboxylic acids is 1. The van der Waals surface area contributed by atoms with E-state index in [1.165, 1.54) is 6.08 Å². The molecule has 1 amide bonds. The Hall–Kier alpha value is -2.01. The average Bonchev–Trinajstić information content (AvgIpc) is 2.46. The van der Waals surface area contributed by atoms with E-state index in [9.17, 15) is 4.79 Å². The number of carbonyl (C=O) groups is 1. The molecule has 1 aromatic carbocycles. The van der Waals surface area contributed by atoms with Crippen molar-refractivity contribution in [3.8, 4) is 11.5 Å². The SMILES string of the molecule is CCOc1cc(/C=C/C(=O)NC(C)COC)ccc1OC. The van der Waals surface area contributed by atoms with Crippen LogP contribution in [0.1, 0.15) is 19.4 Å². The van der Waals surface area contributed by atoms with Crippen molar-refractivity contribution < 1.29 is 19.0 Å². The standard InChI is InChI=1S/C16H23NO4/c1-5-21-15-10-13(6-8-14(15)20-4)7-9-16(18)17-12(2)11-19-3/h6-10,12H,5,11H2,1-4H3,(H,17,18)/b9-7+. The molecule has 0 aliphatic heterocycles. The van der Waals surface area contributed by atoms with E-state index in [1.807, 2.05) is 32.0 Å². The molecule has 0 saturated heterocycles. The summed E-state index contributed by atoms with van der Waals surface area (Å²) in [7, 11) is 3.20. The molecule has 0 aliphatic rings. The molecule has 1 rings (SSSR count). The van der Waals surface area contributed by atoms with Gasteiger partial charge in [-0.15, -0.1) is 0 Å². The zero-order valence-electron chi connectivity index (χ0n) is 13.0. The van der Waals surface area contributed by atoms with Crippen molar-refractivity contribution in [2.24, 2.45) is 0 Å². The third kappa shape index (κ3) is 5.87. The Morgan fingerprint density at radius 1 is 1.33 bits per heavy atom. The minimum atomic E-state index is -0.159. The molecule has 5 heteroatoms. The van der Waals surface area contributed by atoms with Gasteiger partial charge in [-0.1, -0.05) is 6.07 Å². The number of hydrogen-bond acceptors (Lipinski definition) is 4. The van der Waals surface area contributed by atoms with Crippen LogP contribution in [0.3, 0.4) is 0 Å². The molecule has 1 aromatic rings. The highest BCUT2D eigenvalue weighted by Crippen LogP contribution is 2.28. The van der Waals surface area contributed by atoms with Crippen LogP contribution in [0.2, 0.25) is 0 Å². The Kier molecular flexibility index (Phi) is 7.32. The number of amides is 1. The van der Waals surface area contributed by atoms with Gasteiger partial charge in [-0.25, -0.2) is 0 Å². The molecule has 0 saturated carbocycles. The highest BCUT2D eigenvalue weighted by molar-refractivity contribution is 5.92. The van der Waals surface area contributed by atoms with E-state index in [1.54, 1.807) is 20.3 Å². The van der Waals surface area contributed by atoms with Gasteiger partial charge in [0.05, 0.1) is 20.3 Å². The lowest BCUT2D eigenvalue weighted by atomic mass is 10.2. The molecular formula is C16H23NO4. The minimum absolute atomic E-state index is 0.0259. The summed E-state index contributed by atoms with van der Waals surface area (Å²) in [5.41, 5.74) is 0.869. The maximum Gasteiger partial charge on any atom is 0.244 e. The third-order valence-corrected chi connectivity index (χ3v) is 2.72. The Bertz CT molecular complexity index is 485. The highest BCUT2D eigenvalue weighted by atomic mass is 16.5. The molecule has 0 bridgehead atoms. The fraction of sp³-hybridized carbons (Fsp3) is 0.438. The van der Waals surface area contributed by atoms with E-state index < -0.39 is 0 Å². The van der Waals surface area contributed by atoms with Crippen molar-refractivity contribution in [2.45, 2.75) is 19.9 Å². The monoisotopic (exact) mass is 293 g/mol. The molecule has 1 N–H and O–H groups in total. The Balaban J connectivity index is 2.71. The van der Waals surface area contributed by atoms with Gasteiger partial charge in [0.15, 0.2) is 11.5 Å². The first-order valence-electron chi connectivity index (χ1n) is 6.89. The van der Waals surface area contributed by atoms with Crippen molar-refractivity contribution in [3.63, 3.8) is 0 Å². The van der Waals surface area contributed by atoms with Crippen molar-refractivity contribution in [3.05, 3.63) is 29.8 Å². The van der Waals surface area contributed by atoms with Crippen molar-refractivity contribution in [1.82, 2.24) is 5.32 Å². The second kappa shape index (κ2) is 9.02. The molecule has 0 fully saturated rings. The molecule has 0 aromatic heterocycles. The van der Waals surface area contributed by atoms with Gasteiger partial charge >= 0.3 is 0 Å². The van der Waals surface area contributed by atoms with Gasteiger partial charge in [0.2, 0.25) is 5.91 Å². The van der Waals surface area contributed by atoms with E-state index >= 15 is 0 Å². The number of benzene rings is 1. The van der Waals surface area contributed by atoms with E-state index in [0.717, 1.165) is 5.56 Å². The zero-order chi connectivity index (χ0) is 15.7. The van der Waals surface area contributed by atoms with Crippen LogP contribution >= 0.6 is 0 Å². The number of ether oxygens (including phenoxy) is 3. The van der Waals surface area contributed by atoms with E-state index in [0.29, 0.717) is 24.7 Å². The second-order valence-electron chi connectivity index (χ2n) is 4.54. The third-order valence-electron chi connectivity index (χ3n) is 2.72. The Morgan fingerprint density at radius 3 is 2.71 bits per heavy atom. The Morgan fingerprint density at radius 2 is 2.10 bits per heavy atom. The quantitative estimate of drug-likeness (QED) is 0.747. The van der Waals surface area contributed by atoms with E-state index in [2.05, 4.69) is 5.32 Å². The van der Waals surface area contributed by atoms with Crippen LogP contribution in [-0.4, -0.2) is 39.4 Å². The fourth-order valence-electron chi connectivity index (χ4n) is 1.82. The summed E-state index contributed by atoms with van der Waals surface area (Å²) >= 11 is 0. The maximum atomic E-state index is 11.7. The fourth-order valence-corrected chi connectivity index (χ4v) is 1.82. The first-order valence-corrected chi connectivity index (χ1v) is 6.89. The molecular weight excluding hydrogens is 270 g/mol. The van der Waals surface area contributed by atoms with Gasteiger partial charge in [-0.05, 0) is 37.6 Å². The second-order valence-corrected chi connectivity index (χ2v) is 4.54. The van der Waals surface area contributed by atoms with Crippen LogP contribution in [0.5, 0.6) is 11.5 Å². The number of methoxy groups -OCH3 is 2. The summed E-state index contributed by atoms with van der Waals surface area (Å²) in [6.45, 7) is 4.83. The first-order chi connectivity index (χ1) is 10.1. The van der Waals surface area contributed by atoms with Gasteiger partial charge in [0.25, 0.3) is 0 Å². The van der Waals surface area contributed by atoms with Crippen LogP contribution in [0.4, 0.5) is 0 Å². The molecule has 0 aliphatic carbocycles. The zero-order valence-corrected chi connectivity index (χ0v) is 13.0. The average molecular weight is 293 g/mol. The number of hydrogen-bond donors (Lipinski definition) is 1. The predicted octanol–water partition coefficient (Wildman–Crippen LogP) is 2.26. The van der Waals surface area contributed by atoms with Crippen LogP contribution in [-0.2, 0) is 9.53 Å². The van der Waals surface area contributed by atoms with Crippen LogP contribution < -0.4 is 14.8 Å². The van der Waals surface area contributed by atoms with Gasteiger partial charge < -0.3 is 19.5 Å². The van der Waals surface area contributed by atoms with E-state index in [4.69, 9.17) is 14.2 Å². The van der Waals surface area contributed by atoms with Crippen molar-refractivity contribution in [2.75, 3.05) is 27.4 Å². The van der Waals surface area contributed by atoms with Gasteiger partial charge in [0.1, 0.15) is 0 Å². The number of rotatable bonds is 8. The predicted molar refractivity (Wildman–Crippen MR) is 82.7 cm³/mol. The van der Waals surface area contributed by atoms with Gasteiger partial charge in [-0.2, -0.15) is 0 Å². The van der Waals surface area contributed by atoms with E-state index in [-0.39, 0.29) is 11.9 Å². The molecule has 1 unspecified atom stereocenters. The molecule has 0 spiro atoms. The Labute approximate surface area is 125 Å². The van der Waals surface area contributed by atoms with Crippen molar-refractivity contribution in [1.29, 1.82) is 0 Å². The highest BCUT2D eigenvalue weighted by Gasteiger charge is 2.05. The summed E-state index contributed by atoms with van der Waals surface area (Å²) in [5.74, 6) is 1.18. The lowest BCUT2D eigenvalue weighted by Crippen LogP contribution is -2.34. The summed E-state index contributed by atoms with van der Waals surface area (Å²) in [6.07, 6.45) is 3.22. The molecule has 0 radical (unpaired) electrons. The van der Waals surface area contributed by atoms with Crippen LogP contribution in [0.25, 0.3) is 6.08 Å². The minimum Gasteiger partial charge on any atom is -0.493 e. The molecule has 1 atom stereocenters. The van der Waals surface area contributed by atoms with Crippen LogP contribution in [0, 0.1) is 0 Å². The smallest absolute Gasteiger partial charge is 0.244 e. The molecule has 5 nitrogen and oxygen atoms in total. The van der Waals surface area contributed by atoms with Gasteiger partial charge in [-0.3, -0.25) is 4.79 Å². The summed E-state index contributed by atoms with van der Waals surface area (Å²) in [4.78, 5) is 11.7. The van der Waals surface area contributed by atoms with Crippen LogP contribution in [0.15, 0.2) is 24.3 Å². The molecule has 21 heavy (non-hydrogen) atoms. The molecule has 0 heterocycles. The summed E-state index contributed by atoms with van der Waals surface area (Å²) in [6, 6.07) is 5.49. The maximum absolute atomic E-state index is 11.7. The topological polar surface area (TPSA) is 56.8 Å². The van der Waals surface area contributed by atoms with Gasteiger partial charge in [0, 0.05) is 19.2 Å². The summed E-state index contributed by atoms with van der Waals surface area (Å²) < 4.78 is 15.7. The largest absolute Gasteiger partial charge is 0.493 e. The van der Waals surface area contributed by atoms with Crippen molar-refractivity contribution >= 4 is 12.0 Å². The molecule has 116 valence electrons. The lowest BCUT2D eigenvalue weighted by molar-refractivity contribution is -0.117. The summed E-state index contributed by atoms with van der Waals surface area (Å²) in [5, 5.41) is 2.81. The lowest BCUT2D eigenvalue weighted by Gasteiger charge is -2.11. The number of nitrogens with one attached hydrogen (secondary N) is 1. The normalized spacial score (nSPS) is 12.2.